The van der Waals surface area contributed by atoms with E-state index in [1.54, 1.807) is 6.07 Å². The summed E-state index contributed by atoms with van der Waals surface area (Å²) in [5.41, 5.74) is 0.473. The maximum atomic E-state index is 11.6. The molecule has 0 spiro atoms. The van der Waals surface area contributed by atoms with Crippen LogP contribution in [0.15, 0.2) is 18.3 Å². The summed E-state index contributed by atoms with van der Waals surface area (Å²) in [5.74, 6) is -0.983. The summed E-state index contributed by atoms with van der Waals surface area (Å²) in [7, 11) is 0. The van der Waals surface area contributed by atoms with Crippen molar-refractivity contribution in [1.29, 1.82) is 0 Å². The van der Waals surface area contributed by atoms with Crippen molar-refractivity contribution in [2.45, 2.75) is 25.7 Å². The minimum Gasteiger partial charge on any atom is -0.481 e. The van der Waals surface area contributed by atoms with Gasteiger partial charge in [0.25, 0.3) is 5.91 Å². The van der Waals surface area contributed by atoms with E-state index < -0.39 is 5.97 Å². The Balaban J connectivity index is 2.20. The SMILES string of the molecule is O=C(O)CCCCCNC(=O)c1ccnc(Cl)c1. The van der Waals surface area contributed by atoms with Gasteiger partial charge in [0, 0.05) is 24.7 Å². The second-order valence-corrected chi connectivity index (χ2v) is 4.21. The molecule has 1 rings (SSSR count). The molecule has 2 N–H and O–H groups in total. The first kappa shape index (κ1) is 14.4. The number of carboxylic acid groups (broad SMARTS) is 1. The summed E-state index contributed by atoms with van der Waals surface area (Å²) in [6, 6.07) is 3.09. The van der Waals surface area contributed by atoms with E-state index in [1.807, 2.05) is 0 Å². The average Bonchev–Trinajstić information content (AvgIpc) is 2.33. The average molecular weight is 271 g/mol. The quantitative estimate of drug-likeness (QED) is 0.587. The molecule has 0 unspecified atom stereocenters. The lowest BCUT2D eigenvalue weighted by molar-refractivity contribution is -0.137. The molecule has 0 aliphatic carbocycles. The van der Waals surface area contributed by atoms with Crippen LogP contribution in [0.4, 0.5) is 0 Å². The van der Waals surface area contributed by atoms with Crippen molar-refractivity contribution in [1.82, 2.24) is 10.3 Å². The van der Waals surface area contributed by atoms with Gasteiger partial charge in [-0.3, -0.25) is 9.59 Å². The number of nitrogens with one attached hydrogen (secondary N) is 1. The fourth-order valence-corrected chi connectivity index (χ4v) is 1.60. The van der Waals surface area contributed by atoms with Crippen LogP contribution < -0.4 is 5.32 Å². The van der Waals surface area contributed by atoms with Crippen molar-refractivity contribution in [3.8, 4) is 0 Å². The number of hydrogen-bond donors (Lipinski definition) is 2. The number of halogens is 1. The molecule has 1 heterocycles. The maximum absolute atomic E-state index is 11.6. The molecule has 5 nitrogen and oxygen atoms in total. The number of nitrogens with zero attached hydrogens (tertiary/aromatic N) is 1. The van der Waals surface area contributed by atoms with E-state index in [1.165, 1.54) is 12.3 Å². The molecule has 0 radical (unpaired) electrons. The Kier molecular flexibility index (Phi) is 6.14. The highest BCUT2D eigenvalue weighted by atomic mass is 35.5. The van der Waals surface area contributed by atoms with Gasteiger partial charge in [0.05, 0.1) is 0 Å². The van der Waals surface area contributed by atoms with Crippen LogP contribution in [0.3, 0.4) is 0 Å². The van der Waals surface area contributed by atoms with Crippen LogP contribution in [-0.4, -0.2) is 28.5 Å². The van der Waals surface area contributed by atoms with Crippen LogP contribution in [0.2, 0.25) is 5.15 Å². The number of carbonyl (C=O) groups excluding carboxylic acids is 1. The summed E-state index contributed by atoms with van der Waals surface area (Å²) in [5, 5.41) is 11.5. The molecule has 0 atom stereocenters. The van der Waals surface area contributed by atoms with E-state index in [-0.39, 0.29) is 17.5 Å². The lowest BCUT2D eigenvalue weighted by Crippen LogP contribution is -2.24. The molecule has 1 aromatic rings. The number of aliphatic carboxylic acids is 1. The van der Waals surface area contributed by atoms with Crippen LogP contribution in [0.25, 0.3) is 0 Å². The lowest BCUT2D eigenvalue weighted by Gasteiger charge is -2.04. The molecule has 1 aromatic heterocycles. The van der Waals surface area contributed by atoms with Crippen LogP contribution in [-0.2, 0) is 4.79 Å². The Morgan fingerprint density at radius 2 is 2.11 bits per heavy atom. The second kappa shape index (κ2) is 7.66. The van der Waals surface area contributed by atoms with Gasteiger partial charge in [0.2, 0.25) is 0 Å². The highest BCUT2D eigenvalue weighted by molar-refractivity contribution is 6.29. The molecule has 0 saturated carbocycles. The fraction of sp³-hybridized carbons (Fsp3) is 0.417. The monoisotopic (exact) mass is 270 g/mol. The van der Waals surface area contributed by atoms with Crippen LogP contribution >= 0.6 is 11.6 Å². The third-order valence-corrected chi connectivity index (χ3v) is 2.55. The fourth-order valence-electron chi connectivity index (χ4n) is 1.43. The van der Waals surface area contributed by atoms with Crippen molar-refractivity contribution < 1.29 is 14.7 Å². The lowest BCUT2D eigenvalue weighted by atomic mass is 10.2. The summed E-state index contributed by atoms with van der Waals surface area (Å²) in [6.45, 7) is 0.526. The van der Waals surface area contributed by atoms with Crippen molar-refractivity contribution in [3.63, 3.8) is 0 Å². The Labute approximate surface area is 110 Å². The van der Waals surface area contributed by atoms with Gasteiger partial charge in [0.1, 0.15) is 5.15 Å². The molecule has 98 valence electrons. The molecule has 6 heteroatoms. The molecule has 18 heavy (non-hydrogen) atoms. The summed E-state index contributed by atoms with van der Waals surface area (Å²) in [4.78, 5) is 25.7. The van der Waals surface area contributed by atoms with Crippen molar-refractivity contribution in [2.75, 3.05) is 6.54 Å². The first-order chi connectivity index (χ1) is 8.59. The Morgan fingerprint density at radius 3 is 2.78 bits per heavy atom. The summed E-state index contributed by atoms with van der Waals surface area (Å²) in [6.07, 6.45) is 3.83. The number of unbranched alkanes of at least 4 members (excludes halogenated alkanes) is 2. The van der Waals surface area contributed by atoms with E-state index in [2.05, 4.69) is 10.3 Å². The first-order valence-corrected chi connectivity index (χ1v) is 6.09. The minimum absolute atomic E-state index is 0.175. The van der Waals surface area contributed by atoms with Gasteiger partial charge in [-0.15, -0.1) is 0 Å². The first-order valence-electron chi connectivity index (χ1n) is 5.71. The van der Waals surface area contributed by atoms with Crippen LogP contribution in [0.1, 0.15) is 36.0 Å². The number of rotatable bonds is 7. The zero-order chi connectivity index (χ0) is 13.4. The number of aromatic nitrogens is 1. The molecule has 1 amide bonds. The van der Waals surface area contributed by atoms with E-state index >= 15 is 0 Å². The number of hydrogen-bond acceptors (Lipinski definition) is 3. The third-order valence-electron chi connectivity index (χ3n) is 2.34. The second-order valence-electron chi connectivity index (χ2n) is 3.83. The van der Waals surface area contributed by atoms with E-state index in [0.717, 1.165) is 12.8 Å². The van der Waals surface area contributed by atoms with Crippen molar-refractivity contribution in [2.24, 2.45) is 0 Å². The highest BCUT2D eigenvalue weighted by Gasteiger charge is 2.05. The van der Waals surface area contributed by atoms with Gasteiger partial charge in [0.15, 0.2) is 0 Å². The van der Waals surface area contributed by atoms with Gasteiger partial charge >= 0.3 is 5.97 Å². The predicted molar refractivity (Wildman–Crippen MR) is 67.7 cm³/mol. The molecular weight excluding hydrogens is 256 g/mol. The van der Waals surface area contributed by atoms with E-state index in [4.69, 9.17) is 16.7 Å². The predicted octanol–water partition coefficient (Wildman–Crippen LogP) is 2.11. The third kappa shape index (κ3) is 5.63. The van der Waals surface area contributed by atoms with Crippen LogP contribution in [0, 0.1) is 0 Å². The Bertz CT molecular complexity index is 424. The van der Waals surface area contributed by atoms with Crippen molar-refractivity contribution in [3.05, 3.63) is 29.0 Å². The topological polar surface area (TPSA) is 79.3 Å². The Morgan fingerprint density at radius 1 is 1.33 bits per heavy atom. The standard InChI is InChI=1S/C12H15ClN2O3/c13-10-8-9(5-7-14-10)12(18)15-6-3-1-2-4-11(16)17/h5,7-8H,1-4,6H2,(H,15,18)(H,16,17). The highest BCUT2D eigenvalue weighted by Crippen LogP contribution is 2.06. The van der Waals surface area contributed by atoms with Crippen molar-refractivity contribution >= 4 is 23.5 Å². The zero-order valence-electron chi connectivity index (χ0n) is 9.86. The molecule has 0 fully saturated rings. The zero-order valence-corrected chi connectivity index (χ0v) is 10.6. The van der Waals surface area contributed by atoms with Gasteiger partial charge in [-0.25, -0.2) is 4.98 Å². The molecule has 0 saturated heterocycles. The summed E-state index contributed by atoms with van der Waals surface area (Å²) >= 11 is 5.67. The van der Waals surface area contributed by atoms with Gasteiger partial charge in [-0.05, 0) is 25.0 Å². The molecule has 0 bridgehead atoms. The van der Waals surface area contributed by atoms with E-state index in [0.29, 0.717) is 18.5 Å². The number of pyridine rings is 1. The maximum Gasteiger partial charge on any atom is 0.303 e. The molecule has 0 aliphatic rings. The number of carbonyl (C=O) groups is 2. The number of carboxylic acids is 1. The molecule has 0 aliphatic heterocycles. The largest absolute Gasteiger partial charge is 0.481 e. The summed E-state index contributed by atoms with van der Waals surface area (Å²) < 4.78 is 0. The smallest absolute Gasteiger partial charge is 0.303 e. The minimum atomic E-state index is -0.787. The number of amides is 1. The van der Waals surface area contributed by atoms with Gasteiger partial charge < -0.3 is 10.4 Å². The van der Waals surface area contributed by atoms with Gasteiger partial charge in [-0.2, -0.15) is 0 Å². The van der Waals surface area contributed by atoms with E-state index in [9.17, 15) is 9.59 Å². The Hall–Kier alpha value is -1.62. The van der Waals surface area contributed by atoms with Gasteiger partial charge in [-0.1, -0.05) is 18.0 Å². The van der Waals surface area contributed by atoms with Crippen LogP contribution in [0.5, 0.6) is 0 Å². The molecular formula is C12H15ClN2O3. The normalized spacial score (nSPS) is 10.1. The molecule has 0 aromatic carbocycles.